The maximum absolute atomic E-state index is 4.54. The molecule has 4 rings (SSSR count). The summed E-state index contributed by atoms with van der Waals surface area (Å²) in [6, 6.07) is 21.0. The van der Waals surface area contributed by atoms with Gasteiger partial charge < -0.3 is 14.8 Å². The summed E-state index contributed by atoms with van der Waals surface area (Å²) in [5, 5.41) is 3.51. The Kier molecular flexibility index (Phi) is 6.60. The van der Waals surface area contributed by atoms with Crippen molar-refractivity contribution in [3.8, 4) is 0 Å². The number of nitrogens with zero attached hydrogens (tertiary/aromatic N) is 4. The predicted molar refractivity (Wildman–Crippen MR) is 123 cm³/mol. The summed E-state index contributed by atoms with van der Waals surface area (Å²) < 4.78 is 2.19. The van der Waals surface area contributed by atoms with Crippen molar-refractivity contribution in [1.82, 2.24) is 19.8 Å². The molecule has 1 N–H and O–H groups in total. The lowest BCUT2D eigenvalue weighted by Gasteiger charge is -2.31. The number of benzene rings is 2. The molecule has 0 amide bonds. The van der Waals surface area contributed by atoms with Crippen molar-refractivity contribution < 1.29 is 0 Å². The Morgan fingerprint density at radius 1 is 1.03 bits per heavy atom. The van der Waals surface area contributed by atoms with Crippen LogP contribution in [0.25, 0.3) is 6.08 Å². The van der Waals surface area contributed by atoms with Crippen LogP contribution in [0.15, 0.2) is 83.6 Å². The highest BCUT2D eigenvalue weighted by Gasteiger charge is 2.17. The summed E-state index contributed by atoms with van der Waals surface area (Å²) in [7, 11) is 1.86. The van der Waals surface area contributed by atoms with Gasteiger partial charge in [-0.1, -0.05) is 72.3 Å². The second kappa shape index (κ2) is 9.92. The number of piperidine rings is 1. The highest BCUT2D eigenvalue weighted by Crippen LogP contribution is 2.19. The zero-order valence-corrected chi connectivity index (χ0v) is 17.5. The quantitative estimate of drug-likeness (QED) is 0.517. The van der Waals surface area contributed by atoms with E-state index in [2.05, 4.69) is 85.4 Å². The van der Waals surface area contributed by atoms with Gasteiger partial charge in [0.05, 0.1) is 6.54 Å². The molecule has 30 heavy (non-hydrogen) atoms. The zero-order valence-electron chi connectivity index (χ0n) is 17.5. The van der Waals surface area contributed by atoms with Crippen LogP contribution in [-0.2, 0) is 13.1 Å². The number of rotatable bonds is 5. The van der Waals surface area contributed by atoms with Crippen molar-refractivity contribution in [3.05, 3.63) is 95.6 Å². The minimum Gasteiger partial charge on any atom is -0.349 e. The van der Waals surface area contributed by atoms with Gasteiger partial charge in [-0.15, -0.1) is 0 Å². The van der Waals surface area contributed by atoms with Crippen molar-refractivity contribution >= 4 is 12.0 Å². The smallest absolute Gasteiger partial charge is 0.194 e. The fraction of sp³-hybridized carbons (Fsp3) is 0.280. The van der Waals surface area contributed by atoms with Crippen LogP contribution in [0.5, 0.6) is 0 Å². The monoisotopic (exact) mass is 399 g/mol. The molecule has 0 atom stereocenters. The molecule has 0 spiro atoms. The molecular weight excluding hydrogens is 370 g/mol. The third kappa shape index (κ3) is 5.17. The highest BCUT2D eigenvalue weighted by molar-refractivity contribution is 5.80. The molecule has 0 bridgehead atoms. The second-order valence-corrected chi connectivity index (χ2v) is 7.56. The maximum atomic E-state index is 4.54. The Morgan fingerprint density at radius 3 is 2.43 bits per heavy atom. The summed E-state index contributed by atoms with van der Waals surface area (Å²) in [5.41, 5.74) is 4.06. The summed E-state index contributed by atoms with van der Waals surface area (Å²) in [6.45, 7) is 3.46. The van der Waals surface area contributed by atoms with E-state index < -0.39 is 0 Å². The first-order valence-corrected chi connectivity index (χ1v) is 10.6. The van der Waals surface area contributed by atoms with Gasteiger partial charge in [-0.25, -0.2) is 4.98 Å². The SMILES string of the molecule is CN=C(NCc1nccn1Cc1ccccc1)N1CCC(=Cc2ccccc2)CC1. The second-order valence-electron chi connectivity index (χ2n) is 7.56. The Labute approximate surface area is 178 Å². The van der Waals surface area contributed by atoms with Crippen LogP contribution in [0.2, 0.25) is 0 Å². The molecule has 0 radical (unpaired) electrons. The van der Waals surface area contributed by atoms with Crippen LogP contribution in [0.4, 0.5) is 0 Å². The van der Waals surface area contributed by atoms with E-state index in [4.69, 9.17) is 0 Å². The summed E-state index contributed by atoms with van der Waals surface area (Å²) in [4.78, 5) is 11.4. The average molecular weight is 400 g/mol. The molecule has 1 aliphatic heterocycles. The van der Waals surface area contributed by atoms with Crippen molar-refractivity contribution in [2.75, 3.05) is 20.1 Å². The fourth-order valence-corrected chi connectivity index (χ4v) is 3.86. The molecule has 154 valence electrons. The van der Waals surface area contributed by atoms with E-state index in [0.717, 1.165) is 44.3 Å². The van der Waals surface area contributed by atoms with Gasteiger partial charge in [0.25, 0.3) is 0 Å². The number of hydrogen-bond donors (Lipinski definition) is 1. The number of aliphatic imine (C=N–C) groups is 1. The molecule has 1 aromatic heterocycles. The van der Waals surface area contributed by atoms with E-state index in [9.17, 15) is 0 Å². The number of nitrogens with one attached hydrogen (secondary N) is 1. The van der Waals surface area contributed by atoms with Crippen LogP contribution in [0.3, 0.4) is 0 Å². The molecule has 2 aromatic carbocycles. The van der Waals surface area contributed by atoms with Gasteiger partial charge >= 0.3 is 0 Å². The molecule has 5 heteroatoms. The third-order valence-electron chi connectivity index (χ3n) is 5.49. The van der Waals surface area contributed by atoms with Gasteiger partial charge in [0.2, 0.25) is 0 Å². The molecule has 1 saturated heterocycles. The van der Waals surface area contributed by atoms with Gasteiger partial charge in [0, 0.05) is 39.1 Å². The van der Waals surface area contributed by atoms with Crippen LogP contribution < -0.4 is 5.32 Å². The predicted octanol–water partition coefficient (Wildman–Crippen LogP) is 4.19. The van der Waals surface area contributed by atoms with Crippen LogP contribution in [-0.4, -0.2) is 40.5 Å². The van der Waals surface area contributed by atoms with E-state index in [1.165, 1.54) is 16.7 Å². The lowest BCUT2D eigenvalue weighted by molar-refractivity contribution is 0.374. The van der Waals surface area contributed by atoms with Crippen molar-refractivity contribution in [2.24, 2.45) is 4.99 Å². The lowest BCUT2D eigenvalue weighted by atomic mass is 10.0. The summed E-state index contributed by atoms with van der Waals surface area (Å²) >= 11 is 0. The summed E-state index contributed by atoms with van der Waals surface area (Å²) in [5.74, 6) is 1.96. The Morgan fingerprint density at radius 2 is 1.73 bits per heavy atom. The minimum atomic E-state index is 0.662. The van der Waals surface area contributed by atoms with E-state index in [-0.39, 0.29) is 0 Å². The van der Waals surface area contributed by atoms with Gasteiger partial charge in [-0.2, -0.15) is 0 Å². The molecule has 2 heterocycles. The highest BCUT2D eigenvalue weighted by atomic mass is 15.3. The minimum absolute atomic E-state index is 0.662. The van der Waals surface area contributed by atoms with E-state index in [0.29, 0.717) is 6.54 Å². The fourth-order valence-electron chi connectivity index (χ4n) is 3.86. The van der Waals surface area contributed by atoms with E-state index in [1.54, 1.807) is 0 Å². The van der Waals surface area contributed by atoms with Gasteiger partial charge in [0.1, 0.15) is 5.82 Å². The first-order valence-electron chi connectivity index (χ1n) is 10.6. The number of likely N-dealkylation sites (tertiary alicyclic amines) is 1. The van der Waals surface area contributed by atoms with Gasteiger partial charge in [-0.3, -0.25) is 4.99 Å². The topological polar surface area (TPSA) is 45.5 Å². The molecular formula is C25H29N5. The van der Waals surface area contributed by atoms with Crippen molar-refractivity contribution in [1.29, 1.82) is 0 Å². The third-order valence-corrected chi connectivity index (χ3v) is 5.49. The van der Waals surface area contributed by atoms with Crippen LogP contribution >= 0.6 is 0 Å². The first kappa shape index (κ1) is 20.0. The number of aromatic nitrogens is 2. The van der Waals surface area contributed by atoms with Crippen molar-refractivity contribution in [2.45, 2.75) is 25.9 Å². The van der Waals surface area contributed by atoms with Gasteiger partial charge in [0.15, 0.2) is 5.96 Å². The molecule has 5 nitrogen and oxygen atoms in total. The average Bonchev–Trinajstić information content (AvgIpc) is 3.23. The van der Waals surface area contributed by atoms with Crippen molar-refractivity contribution in [3.63, 3.8) is 0 Å². The molecule has 0 unspecified atom stereocenters. The van der Waals surface area contributed by atoms with Crippen LogP contribution in [0.1, 0.15) is 29.8 Å². The van der Waals surface area contributed by atoms with E-state index in [1.807, 2.05) is 25.5 Å². The zero-order chi connectivity index (χ0) is 20.6. The number of imidazole rings is 1. The molecule has 3 aromatic rings. The molecule has 0 aliphatic carbocycles. The van der Waals surface area contributed by atoms with Gasteiger partial charge in [-0.05, 0) is 24.0 Å². The Balaban J connectivity index is 1.32. The standard InChI is InChI=1S/C25H29N5/c1-26-25(29-15-12-22(13-16-29)18-21-8-4-2-5-9-21)28-19-24-27-14-17-30(24)20-23-10-6-3-7-11-23/h2-11,14,17-18H,12-13,15-16,19-20H2,1H3,(H,26,28). The number of hydrogen-bond acceptors (Lipinski definition) is 2. The first-order chi connectivity index (χ1) is 14.8. The number of guanidine groups is 1. The lowest BCUT2D eigenvalue weighted by Crippen LogP contribution is -2.44. The van der Waals surface area contributed by atoms with E-state index >= 15 is 0 Å². The largest absolute Gasteiger partial charge is 0.349 e. The Bertz CT molecular complexity index is 979. The molecule has 1 aliphatic rings. The maximum Gasteiger partial charge on any atom is 0.194 e. The molecule has 1 fully saturated rings. The summed E-state index contributed by atoms with van der Waals surface area (Å²) in [6.07, 6.45) is 8.36. The van der Waals surface area contributed by atoms with Crippen LogP contribution in [0, 0.1) is 0 Å². The normalized spacial score (nSPS) is 14.6. The Hall–Kier alpha value is -3.34. The molecule has 0 saturated carbocycles.